The van der Waals surface area contributed by atoms with E-state index in [0.29, 0.717) is 46.2 Å². The Morgan fingerprint density at radius 3 is 2.19 bits per heavy atom. The fourth-order valence-electron chi connectivity index (χ4n) is 1.17. The van der Waals surface area contributed by atoms with Gasteiger partial charge in [-0.25, -0.2) is 0 Å². The number of hydrogen-bond donors (Lipinski definition) is 0. The molecule has 1 heterocycles. The van der Waals surface area contributed by atoms with E-state index in [1.807, 2.05) is 0 Å². The maximum Gasteiger partial charge on any atom is 1.00 e. The van der Waals surface area contributed by atoms with E-state index in [1.165, 1.54) is 0 Å². The van der Waals surface area contributed by atoms with Gasteiger partial charge >= 0.3 is 18.9 Å². The second-order valence-electron chi connectivity index (χ2n) is 3.08. The van der Waals surface area contributed by atoms with E-state index in [2.05, 4.69) is 12.3 Å². The molecule has 1 atom stereocenters. The summed E-state index contributed by atoms with van der Waals surface area (Å²) in [6.07, 6.45) is 1.66. The second kappa shape index (κ2) is 11.4. The van der Waals surface area contributed by atoms with Crippen molar-refractivity contribution in [2.45, 2.75) is 6.10 Å². The first kappa shape index (κ1) is 16.0. The van der Waals surface area contributed by atoms with Crippen molar-refractivity contribution in [1.82, 2.24) is 0 Å². The Morgan fingerprint density at radius 2 is 1.56 bits per heavy atom. The van der Waals surface area contributed by atoms with Gasteiger partial charge in [-0.3, -0.25) is 0 Å². The van der Waals surface area contributed by atoms with Crippen LogP contribution in [-0.4, -0.2) is 52.4 Å². The summed E-state index contributed by atoms with van der Waals surface area (Å²) in [6, 6.07) is 0. The summed E-state index contributed by atoms with van der Waals surface area (Å²) in [5.41, 5.74) is 2.70. The Hall–Kier alpha value is -0.0426. The largest absolute Gasteiger partial charge is 1.00 e. The SMILES string of the molecule is C=C=CC1COCCOCCOCCO1.[H-].[Li+]. The van der Waals surface area contributed by atoms with Gasteiger partial charge in [0.05, 0.1) is 46.2 Å². The molecule has 5 heteroatoms. The molecule has 0 aliphatic carbocycles. The molecule has 0 aromatic carbocycles. The van der Waals surface area contributed by atoms with E-state index < -0.39 is 0 Å². The fourth-order valence-corrected chi connectivity index (χ4v) is 1.17. The third kappa shape index (κ3) is 8.15. The van der Waals surface area contributed by atoms with Gasteiger partial charge in [0.15, 0.2) is 0 Å². The van der Waals surface area contributed by atoms with E-state index in [1.54, 1.807) is 6.08 Å². The van der Waals surface area contributed by atoms with Crippen LogP contribution in [0.2, 0.25) is 0 Å². The molecule has 4 nitrogen and oxygen atoms in total. The summed E-state index contributed by atoms with van der Waals surface area (Å²) in [4.78, 5) is 0. The van der Waals surface area contributed by atoms with Crippen LogP contribution in [0.5, 0.6) is 0 Å². The zero-order valence-electron chi connectivity index (χ0n) is 10.9. The molecule has 88 valence electrons. The molecule has 1 aliphatic rings. The summed E-state index contributed by atoms with van der Waals surface area (Å²) in [6.45, 7) is 7.52. The first-order chi connectivity index (χ1) is 7.43. The molecule has 0 aromatic heterocycles. The molecule has 1 aliphatic heterocycles. The Kier molecular flexibility index (Phi) is 11.4. The molecule has 0 bridgehead atoms. The minimum absolute atomic E-state index is 0. The van der Waals surface area contributed by atoms with Crippen molar-refractivity contribution < 1.29 is 39.2 Å². The van der Waals surface area contributed by atoms with Gasteiger partial charge in [-0.1, -0.05) is 6.58 Å². The van der Waals surface area contributed by atoms with Crippen LogP contribution in [0.4, 0.5) is 0 Å². The van der Waals surface area contributed by atoms with Gasteiger partial charge in [-0.2, -0.15) is 0 Å². The Labute approximate surface area is 110 Å². The van der Waals surface area contributed by atoms with Crippen LogP contribution in [0.1, 0.15) is 1.43 Å². The first-order valence-electron chi connectivity index (χ1n) is 5.14. The maximum atomic E-state index is 5.51. The summed E-state index contributed by atoms with van der Waals surface area (Å²) in [5, 5.41) is 0. The molecule has 1 unspecified atom stereocenters. The van der Waals surface area contributed by atoms with Crippen molar-refractivity contribution in [3.63, 3.8) is 0 Å². The second-order valence-corrected chi connectivity index (χ2v) is 3.08. The van der Waals surface area contributed by atoms with Gasteiger partial charge in [0.25, 0.3) is 0 Å². The standard InChI is InChI=1S/C11H18O4.Li.H/c1-2-3-11-10-14-7-6-12-4-5-13-8-9-15-11;;/h3,11H,1,4-10H2;;/q;+1;-1. The van der Waals surface area contributed by atoms with Gasteiger partial charge in [-0.15, -0.1) is 5.73 Å². The molecular formula is C11H19LiO4. The average molecular weight is 222 g/mol. The van der Waals surface area contributed by atoms with Crippen molar-refractivity contribution >= 4 is 0 Å². The molecule has 0 saturated carbocycles. The Bertz CT molecular complexity index is 198. The van der Waals surface area contributed by atoms with Crippen LogP contribution in [0.25, 0.3) is 0 Å². The van der Waals surface area contributed by atoms with Crippen LogP contribution >= 0.6 is 0 Å². The molecule has 0 radical (unpaired) electrons. The zero-order chi connectivity index (χ0) is 10.8. The summed E-state index contributed by atoms with van der Waals surface area (Å²) >= 11 is 0. The third-order valence-corrected chi connectivity index (χ3v) is 1.89. The fraction of sp³-hybridized carbons (Fsp3) is 0.727. The predicted octanol–water partition coefficient (Wildman–Crippen LogP) is -2.11. The van der Waals surface area contributed by atoms with Gasteiger partial charge in [0, 0.05) is 0 Å². The molecule has 1 rings (SSSR count). The maximum absolute atomic E-state index is 5.51. The molecule has 1 fully saturated rings. The summed E-state index contributed by atoms with van der Waals surface area (Å²) < 4.78 is 21.5. The molecule has 0 N–H and O–H groups in total. The molecule has 0 amide bonds. The van der Waals surface area contributed by atoms with E-state index in [-0.39, 0.29) is 26.4 Å². The van der Waals surface area contributed by atoms with E-state index in [0.717, 1.165) is 0 Å². The van der Waals surface area contributed by atoms with Crippen LogP contribution in [0, 0.1) is 0 Å². The van der Waals surface area contributed by atoms with Crippen molar-refractivity contribution in [1.29, 1.82) is 0 Å². The van der Waals surface area contributed by atoms with E-state index in [4.69, 9.17) is 18.9 Å². The molecular weight excluding hydrogens is 203 g/mol. The zero-order valence-corrected chi connectivity index (χ0v) is 9.94. The van der Waals surface area contributed by atoms with Crippen LogP contribution in [0.15, 0.2) is 18.4 Å². The Balaban J connectivity index is 0. The van der Waals surface area contributed by atoms with Crippen molar-refractivity contribution in [3.05, 3.63) is 18.4 Å². The monoisotopic (exact) mass is 222 g/mol. The smallest absolute Gasteiger partial charge is 1.00 e. The average Bonchev–Trinajstić information content (AvgIpc) is 2.22. The quantitative estimate of drug-likeness (QED) is 0.376. The van der Waals surface area contributed by atoms with Crippen molar-refractivity contribution in [2.75, 3.05) is 46.2 Å². The van der Waals surface area contributed by atoms with Gasteiger partial charge in [0.2, 0.25) is 0 Å². The third-order valence-electron chi connectivity index (χ3n) is 1.89. The van der Waals surface area contributed by atoms with Crippen LogP contribution in [-0.2, 0) is 18.9 Å². The predicted molar refractivity (Wildman–Crippen MR) is 57.0 cm³/mol. The first-order valence-corrected chi connectivity index (χ1v) is 5.14. The van der Waals surface area contributed by atoms with Gasteiger partial charge in [0.1, 0.15) is 6.10 Å². The molecule has 16 heavy (non-hydrogen) atoms. The molecule has 0 aromatic rings. The van der Waals surface area contributed by atoms with Crippen LogP contribution < -0.4 is 18.9 Å². The van der Waals surface area contributed by atoms with Crippen molar-refractivity contribution in [2.24, 2.45) is 0 Å². The van der Waals surface area contributed by atoms with Gasteiger partial charge < -0.3 is 20.4 Å². The normalized spacial score (nSPS) is 24.1. The van der Waals surface area contributed by atoms with E-state index in [9.17, 15) is 0 Å². The van der Waals surface area contributed by atoms with Gasteiger partial charge in [-0.05, 0) is 6.08 Å². The molecule has 1 saturated heterocycles. The molecule has 0 spiro atoms. The van der Waals surface area contributed by atoms with E-state index >= 15 is 0 Å². The number of rotatable bonds is 1. The van der Waals surface area contributed by atoms with Crippen LogP contribution in [0.3, 0.4) is 0 Å². The number of hydrogen-bond acceptors (Lipinski definition) is 4. The van der Waals surface area contributed by atoms with Crippen molar-refractivity contribution in [3.8, 4) is 0 Å². The topological polar surface area (TPSA) is 36.9 Å². The summed E-state index contributed by atoms with van der Waals surface area (Å²) in [7, 11) is 0. The minimum atomic E-state index is -0.0921. The number of ether oxygens (including phenoxy) is 4. The Morgan fingerprint density at radius 1 is 1.00 bits per heavy atom. The minimum Gasteiger partial charge on any atom is -1.00 e. The summed E-state index contributed by atoms with van der Waals surface area (Å²) in [5.74, 6) is 0.